The fourth-order valence-corrected chi connectivity index (χ4v) is 4.36. The summed E-state index contributed by atoms with van der Waals surface area (Å²) in [5, 5.41) is 0. The Bertz CT molecular complexity index is 865. The summed E-state index contributed by atoms with van der Waals surface area (Å²) in [6.45, 7) is 3.09. The van der Waals surface area contributed by atoms with Crippen molar-refractivity contribution in [1.82, 2.24) is 9.62 Å². The number of methoxy groups -OCH3 is 1. The van der Waals surface area contributed by atoms with Gasteiger partial charge in [0.05, 0.1) is 7.11 Å². The van der Waals surface area contributed by atoms with Gasteiger partial charge in [-0.3, -0.25) is 4.90 Å². The maximum Gasteiger partial charge on any atom is 0.244 e. The highest BCUT2D eigenvalue weighted by Gasteiger charge is 2.21. The number of likely N-dealkylation sites (tertiary alicyclic amines) is 1. The lowest BCUT2D eigenvalue weighted by Gasteiger charge is -2.18. The number of ether oxygens (including phenoxy) is 1. The molecule has 0 spiro atoms. The van der Waals surface area contributed by atoms with Crippen molar-refractivity contribution in [1.29, 1.82) is 0 Å². The molecular weight excluding hydrogens is 355 g/mol. The van der Waals surface area contributed by atoms with Gasteiger partial charge in [-0.25, -0.2) is 17.5 Å². The molecule has 1 N–H and O–H groups in total. The fraction of sp³-hybridized carbons (Fsp3) is 0.368. The Morgan fingerprint density at radius 2 is 1.81 bits per heavy atom. The van der Waals surface area contributed by atoms with Gasteiger partial charge in [0.25, 0.3) is 0 Å². The summed E-state index contributed by atoms with van der Waals surface area (Å²) < 4.78 is 46.4. The first kappa shape index (κ1) is 18.8. The van der Waals surface area contributed by atoms with Gasteiger partial charge in [0.2, 0.25) is 10.0 Å². The van der Waals surface area contributed by atoms with Crippen LogP contribution < -0.4 is 9.46 Å². The normalized spacial score (nSPS) is 15.3. The van der Waals surface area contributed by atoms with E-state index in [1.807, 2.05) is 24.3 Å². The van der Waals surface area contributed by atoms with Gasteiger partial charge >= 0.3 is 0 Å². The van der Waals surface area contributed by atoms with Crippen LogP contribution >= 0.6 is 0 Å². The number of hydrogen-bond donors (Lipinski definition) is 1. The van der Waals surface area contributed by atoms with Gasteiger partial charge in [-0.15, -0.1) is 0 Å². The molecule has 26 heavy (non-hydrogen) atoms. The first-order valence-electron chi connectivity index (χ1n) is 8.62. The van der Waals surface area contributed by atoms with Crippen molar-refractivity contribution >= 4 is 10.0 Å². The van der Waals surface area contributed by atoms with Gasteiger partial charge in [-0.05, 0) is 55.3 Å². The lowest BCUT2D eigenvalue weighted by Crippen LogP contribution is -2.25. The van der Waals surface area contributed by atoms with E-state index in [1.54, 1.807) is 0 Å². The van der Waals surface area contributed by atoms with Crippen molar-refractivity contribution in [3.8, 4) is 5.75 Å². The summed E-state index contributed by atoms with van der Waals surface area (Å²) in [7, 11) is -2.54. The van der Waals surface area contributed by atoms with E-state index in [0.717, 1.165) is 36.8 Å². The maximum atomic E-state index is 13.5. The van der Waals surface area contributed by atoms with Gasteiger partial charge < -0.3 is 4.74 Å². The van der Waals surface area contributed by atoms with Crippen molar-refractivity contribution in [3.63, 3.8) is 0 Å². The molecule has 140 valence electrons. The van der Waals surface area contributed by atoms with Crippen LogP contribution in [0.3, 0.4) is 0 Å². The van der Waals surface area contributed by atoms with Crippen LogP contribution in [0, 0.1) is 5.82 Å². The number of halogens is 1. The molecule has 2 aromatic carbocycles. The van der Waals surface area contributed by atoms with Crippen molar-refractivity contribution in [3.05, 3.63) is 59.4 Å². The Kier molecular flexibility index (Phi) is 5.90. The fourth-order valence-electron chi connectivity index (χ4n) is 3.18. The van der Waals surface area contributed by atoms with Crippen LogP contribution in [0.2, 0.25) is 0 Å². The minimum atomic E-state index is -3.90. The highest BCUT2D eigenvalue weighted by molar-refractivity contribution is 7.89. The van der Waals surface area contributed by atoms with E-state index in [-0.39, 0.29) is 17.2 Å². The van der Waals surface area contributed by atoms with Crippen LogP contribution in [0.15, 0.2) is 47.4 Å². The van der Waals surface area contributed by atoms with E-state index in [1.165, 1.54) is 32.1 Å². The molecule has 1 aliphatic rings. The first-order valence-corrected chi connectivity index (χ1v) is 10.1. The third kappa shape index (κ3) is 4.41. The molecule has 0 saturated carbocycles. The van der Waals surface area contributed by atoms with Crippen LogP contribution in [0.5, 0.6) is 5.75 Å². The Balaban J connectivity index is 1.77. The van der Waals surface area contributed by atoms with E-state index in [4.69, 9.17) is 4.74 Å². The lowest BCUT2D eigenvalue weighted by atomic mass is 10.1. The predicted octanol–water partition coefficient (Wildman–Crippen LogP) is 2.91. The molecule has 1 heterocycles. The molecule has 0 bridgehead atoms. The number of benzene rings is 2. The molecule has 1 saturated heterocycles. The minimum Gasteiger partial charge on any atom is -0.495 e. The van der Waals surface area contributed by atoms with Crippen LogP contribution in [0.4, 0.5) is 4.39 Å². The monoisotopic (exact) mass is 378 g/mol. The van der Waals surface area contributed by atoms with E-state index in [2.05, 4.69) is 9.62 Å². The van der Waals surface area contributed by atoms with Gasteiger partial charge in [-0.1, -0.05) is 24.3 Å². The molecule has 5 nitrogen and oxygen atoms in total. The third-order valence-corrected chi connectivity index (χ3v) is 6.00. The predicted molar refractivity (Wildman–Crippen MR) is 97.9 cm³/mol. The molecule has 0 aliphatic carbocycles. The molecule has 1 fully saturated rings. The van der Waals surface area contributed by atoms with Crippen molar-refractivity contribution in [2.75, 3.05) is 20.2 Å². The highest BCUT2D eigenvalue weighted by Crippen LogP contribution is 2.25. The standard InChI is InChI=1S/C19H23FN2O3S/c1-25-18-9-8-17(20)12-19(18)26(23,24)21-13-15-6-2-3-7-16(15)14-22-10-4-5-11-22/h2-3,6-9,12,21H,4-5,10-11,13-14H2,1H3. The molecule has 0 unspecified atom stereocenters. The largest absolute Gasteiger partial charge is 0.495 e. The van der Waals surface area contributed by atoms with E-state index in [0.29, 0.717) is 0 Å². The molecule has 0 aromatic heterocycles. The van der Waals surface area contributed by atoms with E-state index in [9.17, 15) is 12.8 Å². The lowest BCUT2D eigenvalue weighted by molar-refractivity contribution is 0.330. The first-order chi connectivity index (χ1) is 12.5. The van der Waals surface area contributed by atoms with Crippen molar-refractivity contribution in [2.24, 2.45) is 0 Å². The van der Waals surface area contributed by atoms with Crippen molar-refractivity contribution < 1.29 is 17.5 Å². The number of nitrogens with zero attached hydrogens (tertiary/aromatic N) is 1. The average Bonchev–Trinajstić information content (AvgIpc) is 3.14. The van der Waals surface area contributed by atoms with Crippen LogP contribution in [0.25, 0.3) is 0 Å². The molecular formula is C19H23FN2O3S. The van der Waals surface area contributed by atoms with Crippen LogP contribution in [-0.2, 0) is 23.1 Å². The molecule has 0 atom stereocenters. The van der Waals surface area contributed by atoms with Gasteiger partial charge in [0.1, 0.15) is 16.5 Å². The maximum absolute atomic E-state index is 13.5. The number of hydrogen-bond acceptors (Lipinski definition) is 4. The summed E-state index contributed by atoms with van der Waals surface area (Å²) in [5.74, 6) is -0.509. The summed E-state index contributed by atoms with van der Waals surface area (Å²) in [4.78, 5) is 2.17. The third-order valence-electron chi connectivity index (χ3n) is 4.58. The molecule has 0 radical (unpaired) electrons. The van der Waals surface area contributed by atoms with Crippen LogP contribution in [0.1, 0.15) is 24.0 Å². The summed E-state index contributed by atoms with van der Waals surface area (Å²) in [6, 6.07) is 11.2. The summed E-state index contributed by atoms with van der Waals surface area (Å²) in [5.41, 5.74) is 2.02. The number of nitrogens with one attached hydrogen (secondary N) is 1. The molecule has 2 aromatic rings. The minimum absolute atomic E-state index is 0.115. The summed E-state index contributed by atoms with van der Waals surface area (Å²) in [6.07, 6.45) is 2.41. The second kappa shape index (κ2) is 8.16. The van der Waals surface area contributed by atoms with Gasteiger partial charge in [0.15, 0.2) is 0 Å². The Morgan fingerprint density at radius 1 is 1.12 bits per heavy atom. The summed E-state index contributed by atoms with van der Waals surface area (Å²) >= 11 is 0. The van der Waals surface area contributed by atoms with Gasteiger partial charge in [-0.2, -0.15) is 0 Å². The number of rotatable bonds is 7. The number of sulfonamides is 1. The Hall–Kier alpha value is -1.96. The van der Waals surface area contributed by atoms with Gasteiger partial charge in [0, 0.05) is 13.1 Å². The zero-order chi connectivity index (χ0) is 18.6. The topological polar surface area (TPSA) is 58.6 Å². The zero-order valence-corrected chi connectivity index (χ0v) is 15.6. The second-order valence-electron chi connectivity index (χ2n) is 6.37. The zero-order valence-electron chi connectivity index (χ0n) is 14.7. The van der Waals surface area contributed by atoms with E-state index >= 15 is 0 Å². The highest BCUT2D eigenvalue weighted by atomic mass is 32.2. The van der Waals surface area contributed by atoms with Crippen molar-refractivity contribution in [2.45, 2.75) is 30.8 Å². The molecule has 0 amide bonds. The Morgan fingerprint density at radius 3 is 2.50 bits per heavy atom. The molecule has 1 aliphatic heterocycles. The second-order valence-corrected chi connectivity index (χ2v) is 8.11. The Labute approximate surface area is 153 Å². The quantitative estimate of drug-likeness (QED) is 0.805. The average molecular weight is 378 g/mol. The SMILES string of the molecule is COc1ccc(F)cc1S(=O)(=O)NCc1ccccc1CN1CCCC1. The van der Waals surface area contributed by atoms with E-state index < -0.39 is 15.8 Å². The molecule has 3 rings (SSSR count). The molecule has 7 heteroatoms. The smallest absolute Gasteiger partial charge is 0.244 e. The van der Waals surface area contributed by atoms with Crippen LogP contribution in [-0.4, -0.2) is 33.5 Å².